The average molecular weight is 440 g/mol. The third kappa shape index (κ3) is 5.31. The van der Waals surface area contributed by atoms with Crippen molar-refractivity contribution >= 4 is 12.3 Å². The zero-order chi connectivity index (χ0) is 22.5. The molecule has 2 rings (SSSR count). The number of aliphatic hydroxyl groups excluding tert-OH is 7. The van der Waals surface area contributed by atoms with E-state index in [1.54, 1.807) is 0 Å². The highest BCUT2D eigenvalue weighted by molar-refractivity contribution is 5.69. The number of hydrogen-bond acceptors (Lipinski definition) is 13. The molecule has 0 bridgehead atoms. The molecule has 13 heteroatoms. The molecule has 2 heterocycles. The van der Waals surface area contributed by atoms with Crippen molar-refractivity contribution in [1.82, 2.24) is 0 Å². The SMILES string of the molecule is O=CCCCC(=O)OC[C@H]1O[C@H](O[C@]2(CO)O[C@H](CO)[C@@H](O)[C@@H]2O)[C@H](O)[C@@H](O)[C@@H]1O. The molecule has 7 N–H and O–H groups in total. The van der Waals surface area contributed by atoms with Gasteiger partial charge in [0.05, 0.1) is 6.61 Å². The van der Waals surface area contributed by atoms with E-state index in [1.165, 1.54) is 0 Å². The molecule has 0 aromatic rings. The monoisotopic (exact) mass is 440 g/mol. The first kappa shape index (κ1) is 25.0. The van der Waals surface area contributed by atoms with Crippen molar-refractivity contribution in [3.05, 3.63) is 0 Å². The summed E-state index contributed by atoms with van der Waals surface area (Å²) in [6, 6.07) is 0. The normalized spacial score (nSPS) is 41.6. The van der Waals surface area contributed by atoms with Gasteiger partial charge in [0, 0.05) is 12.8 Å². The van der Waals surface area contributed by atoms with Gasteiger partial charge in [0.1, 0.15) is 62.2 Å². The summed E-state index contributed by atoms with van der Waals surface area (Å²) in [5.41, 5.74) is 0. The van der Waals surface area contributed by atoms with Gasteiger partial charge in [-0.2, -0.15) is 0 Å². The van der Waals surface area contributed by atoms with Gasteiger partial charge >= 0.3 is 5.97 Å². The van der Waals surface area contributed by atoms with E-state index in [2.05, 4.69) is 0 Å². The van der Waals surface area contributed by atoms with Crippen LogP contribution in [-0.2, 0) is 28.5 Å². The number of ether oxygens (including phenoxy) is 4. The summed E-state index contributed by atoms with van der Waals surface area (Å²) >= 11 is 0. The highest BCUT2D eigenvalue weighted by atomic mass is 16.8. The Morgan fingerprint density at radius 2 is 1.70 bits per heavy atom. The zero-order valence-corrected chi connectivity index (χ0v) is 16.0. The first-order chi connectivity index (χ1) is 14.2. The second kappa shape index (κ2) is 10.9. The van der Waals surface area contributed by atoms with Crippen LogP contribution in [-0.4, -0.2) is 123 Å². The van der Waals surface area contributed by atoms with Crippen molar-refractivity contribution < 1.29 is 64.3 Å². The number of rotatable bonds is 10. The summed E-state index contributed by atoms with van der Waals surface area (Å²) in [5.74, 6) is -2.97. The number of aldehydes is 1. The number of esters is 1. The Kier molecular flexibility index (Phi) is 9.05. The highest BCUT2D eigenvalue weighted by Crippen LogP contribution is 2.36. The van der Waals surface area contributed by atoms with Gasteiger partial charge in [0.2, 0.25) is 5.79 Å². The van der Waals surface area contributed by atoms with Crippen LogP contribution in [0.5, 0.6) is 0 Å². The molecule has 9 atom stereocenters. The van der Waals surface area contributed by atoms with Gasteiger partial charge < -0.3 is 59.5 Å². The van der Waals surface area contributed by atoms with Gasteiger partial charge in [0.25, 0.3) is 0 Å². The Hall–Kier alpha value is -1.26. The van der Waals surface area contributed by atoms with Gasteiger partial charge in [-0.05, 0) is 6.42 Å². The molecule has 0 spiro atoms. The minimum absolute atomic E-state index is 0.0548. The van der Waals surface area contributed by atoms with Gasteiger partial charge in [-0.1, -0.05) is 0 Å². The molecule has 0 saturated carbocycles. The lowest BCUT2D eigenvalue weighted by Gasteiger charge is -2.43. The lowest BCUT2D eigenvalue weighted by molar-refractivity contribution is -0.383. The van der Waals surface area contributed by atoms with Crippen LogP contribution in [0, 0.1) is 0 Å². The zero-order valence-electron chi connectivity index (χ0n) is 16.0. The minimum Gasteiger partial charge on any atom is -0.463 e. The van der Waals surface area contributed by atoms with Crippen LogP contribution in [0.4, 0.5) is 0 Å². The molecule has 0 aliphatic carbocycles. The van der Waals surface area contributed by atoms with Crippen molar-refractivity contribution in [3.8, 4) is 0 Å². The van der Waals surface area contributed by atoms with Gasteiger partial charge in [-0.3, -0.25) is 4.79 Å². The van der Waals surface area contributed by atoms with E-state index in [0.717, 1.165) is 0 Å². The molecular weight excluding hydrogens is 412 g/mol. The van der Waals surface area contributed by atoms with Crippen LogP contribution in [0.15, 0.2) is 0 Å². The van der Waals surface area contributed by atoms with E-state index in [9.17, 15) is 45.3 Å². The molecule has 0 radical (unpaired) electrons. The van der Waals surface area contributed by atoms with Crippen LogP contribution in [0.25, 0.3) is 0 Å². The standard InChI is InChI=1S/C17H28O13/c18-4-2-1-3-10(21)27-6-9-11(22)13(24)14(25)16(28-9)30-17(7-20)15(26)12(23)8(5-19)29-17/h4,8-9,11-16,19-20,22-26H,1-3,5-7H2/t8-,9-,11-,12-,13+,14-,15+,16-,17+/m1/s1. The summed E-state index contributed by atoms with van der Waals surface area (Å²) in [6.07, 6.45) is -12.2. The van der Waals surface area contributed by atoms with Gasteiger partial charge in [0.15, 0.2) is 6.29 Å². The summed E-state index contributed by atoms with van der Waals surface area (Å²) in [7, 11) is 0. The Bertz CT molecular complexity index is 574. The molecule has 0 aromatic carbocycles. The Morgan fingerprint density at radius 3 is 2.27 bits per heavy atom. The third-order valence-corrected chi connectivity index (χ3v) is 5.00. The molecular formula is C17H28O13. The van der Waals surface area contributed by atoms with Crippen LogP contribution in [0.3, 0.4) is 0 Å². The van der Waals surface area contributed by atoms with E-state index in [4.69, 9.17) is 18.9 Å². The van der Waals surface area contributed by atoms with Crippen LogP contribution < -0.4 is 0 Å². The van der Waals surface area contributed by atoms with Gasteiger partial charge in [-0.15, -0.1) is 0 Å². The Balaban J connectivity index is 2.04. The van der Waals surface area contributed by atoms with E-state index < -0.39 is 80.6 Å². The molecule has 0 unspecified atom stereocenters. The minimum atomic E-state index is -2.30. The lowest BCUT2D eigenvalue weighted by Crippen LogP contribution is -2.62. The third-order valence-electron chi connectivity index (χ3n) is 5.00. The van der Waals surface area contributed by atoms with Crippen molar-refractivity contribution in [2.75, 3.05) is 19.8 Å². The Labute approximate surface area is 171 Å². The van der Waals surface area contributed by atoms with E-state index >= 15 is 0 Å². The van der Waals surface area contributed by atoms with E-state index in [-0.39, 0.29) is 19.3 Å². The lowest BCUT2D eigenvalue weighted by atomic mass is 9.99. The fraction of sp³-hybridized carbons (Fsp3) is 0.882. The van der Waals surface area contributed by atoms with Crippen molar-refractivity contribution in [1.29, 1.82) is 0 Å². The predicted molar refractivity (Wildman–Crippen MR) is 92.4 cm³/mol. The Morgan fingerprint density at radius 1 is 1.00 bits per heavy atom. The van der Waals surface area contributed by atoms with Crippen molar-refractivity contribution in [2.24, 2.45) is 0 Å². The first-order valence-corrected chi connectivity index (χ1v) is 9.43. The first-order valence-electron chi connectivity index (χ1n) is 9.43. The number of unbranched alkanes of at least 4 members (excludes halogenated alkanes) is 1. The molecule has 0 amide bonds. The van der Waals surface area contributed by atoms with Crippen molar-refractivity contribution in [3.63, 3.8) is 0 Å². The number of carbonyl (C=O) groups is 2. The van der Waals surface area contributed by atoms with E-state index in [0.29, 0.717) is 6.29 Å². The topological polar surface area (TPSA) is 213 Å². The van der Waals surface area contributed by atoms with Crippen LogP contribution >= 0.6 is 0 Å². The number of hydrogen-bond donors (Lipinski definition) is 7. The second-order valence-electron chi connectivity index (χ2n) is 7.12. The fourth-order valence-electron chi connectivity index (χ4n) is 3.20. The highest BCUT2D eigenvalue weighted by Gasteiger charge is 2.58. The molecule has 13 nitrogen and oxygen atoms in total. The van der Waals surface area contributed by atoms with Crippen LogP contribution in [0.1, 0.15) is 19.3 Å². The molecule has 174 valence electrons. The summed E-state index contributed by atoms with van der Waals surface area (Å²) in [6.45, 7) is -2.24. The molecule has 2 saturated heterocycles. The van der Waals surface area contributed by atoms with E-state index in [1.807, 2.05) is 0 Å². The second-order valence-corrected chi connectivity index (χ2v) is 7.12. The largest absolute Gasteiger partial charge is 0.463 e. The smallest absolute Gasteiger partial charge is 0.305 e. The predicted octanol–water partition coefficient (Wildman–Crippen LogP) is -4.48. The fourth-order valence-corrected chi connectivity index (χ4v) is 3.20. The van der Waals surface area contributed by atoms with Crippen molar-refractivity contribution in [2.45, 2.75) is 74.1 Å². The number of carbonyl (C=O) groups excluding carboxylic acids is 2. The maximum absolute atomic E-state index is 11.7. The molecule has 2 aliphatic heterocycles. The molecule has 2 aliphatic rings. The summed E-state index contributed by atoms with van der Waals surface area (Å²) < 4.78 is 20.8. The summed E-state index contributed by atoms with van der Waals surface area (Å²) in [4.78, 5) is 21.9. The molecule has 0 aromatic heterocycles. The summed E-state index contributed by atoms with van der Waals surface area (Å²) in [5, 5.41) is 69.2. The molecule has 30 heavy (non-hydrogen) atoms. The maximum Gasteiger partial charge on any atom is 0.305 e. The van der Waals surface area contributed by atoms with Gasteiger partial charge in [-0.25, -0.2) is 0 Å². The van der Waals surface area contributed by atoms with Crippen LogP contribution in [0.2, 0.25) is 0 Å². The quantitative estimate of drug-likeness (QED) is 0.0971. The number of aliphatic hydroxyl groups is 7. The maximum atomic E-state index is 11.7. The molecule has 2 fully saturated rings. The average Bonchev–Trinajstić information content (AvgIpc) is 2.98.